The number of halogens is 1. The molecule has 2 saturated heterocycles. The van der Waals surface area contributed by atoms with E-state index in [9.17, 15) is 35.0 Å². The number of hydrogen-bond acceptors (Lipinski definition) is 8. The highest BCUT2D eigenvalue weighted by atomic mass is 32.1. The van der Waals surface area contributed by atoms with E-state index in [0.29, 0.717) is 30.4 Å². The molecule has 0 radical (unpaired) electrons. The average Bonchev–Trinajstić information content (AvgIpc) is 3.43. The Labute approximate surface area is 284 Å². The Kier molecular flexibility index (Phi) is 10.5. The monoisotopic (exact) mass is 673 g/mol. The third-order valence-electron chi connectivity index (χ3n) is 9.59. The van der Waals surface area contributed by atoms with Crippen LogP contribution in [0.5, 0.6) is 5.75 Å². The maximum atomic E-state index is 13.4. The zero-order chi connectivity index (χ0) is 33.9. The van der Waals surface area contributed by atoms with E-state index in [1.54, 1.807) is 30.3 Å². The van der Waals surface area contributed by atoms with Gasteiger partial charge in [0.15, 0.2) is 0 Å². The molecule has 0 spiro atoms. The van der Waals surface area contributed by atoms with Gasteiger partial charge >= 0.3 is 0 Å². The fourth-order valence-corrected chi connectivity index (χ4v) is 7.42. The van der Waals surface area contributed by atoms with Gasteiger partial charge in [0.2, 0.25) is 0 Å². The Morgan fingerprint density at radius 2 is 1.54 bits per heavy atom. The number of ether oxygens (including phenoxy) is 1. The lowest BCUT2D eigenvalue weighted by atomic mass is 9.87. The molecular weight excluding hydrogens is 633 g/mol. The van der Waals surface area contributed by atoms with Gasteiger partial charge < -0.3 is 40.3 Å². The molecular formula is C38H40FNO7S. The summed E-state index contributed by atoms with van der Waals surface area (Å²) in [6.45, 7) is -0.503. The van der Waals surface area contributed by atoms with Gasteiger partial charge in [0, 0.05) is 17.7 Å². The number of anilines is 1. The maximum absolute atomic E-state index is 13.4. The molecule has 8 atom stereocenters. The number of phenols is 1. The molecule has 2 aliphatic rings. The van der Waals surface area contributed by atoms with Crippen LogP contribution < -0.4 is 4.90 Å². The second-order valence-electron chi connectivity index (χ2n) is 12.7. The molecule has 6 N–H and O–H groups in total. The third kappa shape index (κ3) is 7.02. The lowest BCUT2D eigenvalue weighted by Gasteiger charge is -2.40. The van der Waals surface area contributed by atoms with Crippen molar-refractivity contribution < 1.29 is 39.8 Å². The number of para-hydroxylation sites is 1. The average molecular weight is 674 g/mol. The minimum absolute atomic E-state index is 0.0766. The van der Waals surface area contributed by atoms with Crippen molar-refractivity contribution in [3.8, 4) is 16.9 Å². The van der Waals surface area contributed by atoms with Gasteiger partial charge in [-0.2, -0.15) is 0 Å². The summed E-state index contributed by atoms with van der Waals surface area (Å²) >= 11 is 5.90. The topological polar surface area (TPSA) is 134 Å². The third-order valence-corrected chi connectivity index (χ3v) is 9.95. The number of aromatic hydroxyl groups is 1. The molecule has 1 unspecified atom stereocenters. The van der Waals surface area contributed by atoms with Gasteiger partial charge in [-0.1, -0.05) is 85.4 Å². The summed E-state index contributed by atoms with van der Waals surface area (Å²) in [5.74, 6) is -0.143. The van der Waals surface area contributed by atoms with Crippen LogP contribution in [-0.2, 0) is 4.74 Å². The number of aliphatic hydroxyl groups is 5. The molecule has 48 heavy (non-hydrogen) atoms. The van der Waals surface area contributed by atoms with Gasteiger partial charge in [0.05, 0.1) is 23.7 Å². The first-order valence-electron chi connectivity index (χ1n) is 16.2. The van der Waals surface area contributed by atoms with Crippen molar-refractivity contribution in [2.75, 3.05) is 11.5 Å². The molecule has 252 valence electrons. The molecule has 0 aliphatic carbocycles. The van der Waals surface area contributed by atoms with Crippen LogP contribution in [0.25, 0.3) is 11.1 Å². The van der Waals surface area contributed by atoms with E-state index in [4.69, 9.17) is 17.0 Å². The van der Waals surface area contributed by atoms with Crippen LogP contribution in [0, 0.1) is 11.7 Å². The van der Waals surface area contributed by atoms with E-state index in [1.807, 2.05) is 54.6 Å². The number of thiocarbonyl (C=S) groups is 1. The predicted octanol–water partition coefficient (Wildman–Crippen LogP) is 5.51. The van der Waals surface area contributed by atoms with Crippen LogP contribution in [0.3, 0.4) is 0 Å². The molecule has 0 amide bonds. The quantitative estimate of drug-likeness (QED) is 0.121. The van der Waals surface area contributed by atoms with Crippen molar-refractivity contribution in [1.82, 2.24) is 0 Å². The zero-order valence-electron chi connectivity index (χ0n) is 26.2. The lowest BCUT2D eigenvalue weighted by molar-refractivity contribution is -0.231. The van der Waals surface area contributed by atoms with E-state index in [-0.39, 0.29) is 23.5 Å². The predicted molar refractivity (Wildman–Crippen MR) is 184 cm³/mol. The first-order valence-corrected chi connectivity index (χ1v) is 16.6. The molecule has 0 saturated carbocycles. The number of nitrogens with zero attached hydrogens (tertiary/aromatic N) is 1. The van der Waals surface area contributed by atoms with Crippen molar-refractivity contribution in [2.24, 2.45) is 5.92 Å². The molecule has 2 aliphatic heterocycles. The molecule has 8 nitrogen and oxygen atoms in total. The highest BCUT2D eigenvalue weighted by molar-refractivity contribution is 7.80. The van der Waals surface area contributed by atoms with E-state index >= 15 is 0 Å². The number of benzene rings is 4. The first-order chi connectivity index (χ1) is 23.2. The zero-order valence-corrected chi connectivity index (χ0v) is 27.0. The summed E-state index contributed by atoms with van der Waals surface area (Å²) in [7, 11) is 0. The largest absolute Gasteiger partial charge is 0.508 e. The summed E-state index contributed by atoms with van der Waals surface area (Å²) in [6, 6.07) is 28.3. The van der Waals surface area contributed by atoms with Crippen LogP contribution >= 0.6 is 12.2 Å². The normalized spacial score (nSPS) is 26.5. The lowest BCUT2D eigenvalue weighted by Crippen LogP contribution is -2.55. The fraction of sp³-hybridized carbons (Fsp3) is 0.342. The van der Waals surface area contributed by atoms with Crippen LogP contribution in [0.1, 0.15) is 60.6 Å². The molecule has 0 bridgehead atoms. The number of phenolic OH excluding ortho intramolecular Hbond substituents is 1. The maximum Gasteiger partial charge on any atom is 0.123 e. The van der Waals surface area contributed by atoms with Gasteiger partial charge in [-0.25, -0.2) is 4.39 Å². The molecule has 4 aromatic rings. The highest BCUT2D eigenvalue weighted by Gasteiger charge is 2.44. The van der Waals surface area contributed by atoms with E-state index in [2.05, 4.69) is 4.90 Å². The molecule has 2 heterocycles. The molecule has 0 aromatic heterocycles. The van der Waals surface area contributed by atoms with Gasteiger partial charge in [0.25, 0.3) is 0 Å². The second kappa shape index (κ2) is 14.8. The highest BCUT2D eigenvalue weighted by Crippen LogP contribution is 2.47. The van der Waals surface area contributed by atoms with Crippen LogP contribution in [0.15, 0.2) is 97.1 Å². The van der Waals surface area contributed by atoms with Gasteiger partial charge in [-0.3, -0.25) is 0 Å². The van der Waals surface area contributed by atoms with E-state index < -0.39 is 43.2 Å². The standard InChI is InChI=1S/C38H40FNO7S/c39-27-16-13-23(14-17-27)30(42)8-4-5-26-20-33(48)40(28-6-2-1-3-7-28)34(26)29-18-15-25(19-31(29)43)22-9-11-24(12-10-22)38-37(46)36(45)35(44)32(21-41)47-38/h1-3,6-7,9-19,26,30,32,34-38,41-46H,4-5,8,20-21H2/t26-,30?,32+,34-,35+,36-,37+,38-/m0/s1. The van der Waals surface area contributed by atoms with Crippen LogP contribution in [0.2, 0.25) is 0 Å². The van der Waals surface area contributed by atoms with Crippen LogP contribution in [0.4, 0.5) is 10.1 Å². The summed E-state index contributed by atoms with van der Waals surface area (Å²) in [5.41, 5.74) is 4.50. The van der Waals surface area contributed by atoms with Crippen molar-refractivity contribution >= 4 is 22.9 Å². The summed E-state index contributed by atoms with van der Waals surface area (Å²) in [5, 5.41) is 62.6. The Morgan fingerprint density at radius 3 is 2.21 bits per heavy atom. The Bertz CT molecular complexity index is 1690. The molecule has 6 rings (SSSR count). The van der Waals surface area contributed by atoms with Crippen molar-refractivity contribution in [2.45, 2.75) is 68.3 Å². The van der Waals surface area contributed by atoms with E-state index in [1.165, 1.54) is 12.1 Å². The number of aliphatic hydroxyl groups excluding tert-OH is 5. The number of rotatable bonds is 10. The van der Waals surface area contributed by atoms with Gasteiger partial charge in [0.1, 0.15) is 42.1 Å². The van der Waals surface area contributed by atoms with E-state index in [0.717, 1.165) is 33.8 Å². The Morgan fingerprint density at radius 1 is 0.854 bits per heavy atom. The fourth-order valence-electron chi connectivity index (χ4n) is 6.99. The van der Waals surface area contributed by atoms with Gasteiger partial charge in [-0.05, 0) is 71.3 Å². The minimum atomic E-state index is -1.47. The number of hydrogen-bond donors (Lipinski definition) is 6. The second-order valence-corrected chi connectivity index (χ2v) is 13.1. The molecule has 2 fully saturated rings. The van der Waals surface area contributed by atoms with Crippen molar-refractivity contribution in [3.63, 3.8) is 0 Å². The molecule has 10 heteroatoms. The van der Waals surface area contributed by atoms with Crippen molar-refractivity contribution in [1.29, 1.82) is 0 Å². The summed E-state index contributed by atoms with van der Waals surface area (Å²) < 4.78 is 19.1. The first kappa shape index (κ1) is 34.1. The minimum Gasteiger partial charge on any atom is -0.508 e. The Balaban J connectivity index is 1.22. The van der Waals surface area contributed by atoms with Crippen molar-refractivity contribution in [3.05, 3.63) is 120 Å². The SMILES string of the molecule is OC[C@H]1O[C@@H](c2ccc(-c3ccc([C@@H]4[C@@H](CCCC(O)c5ccc(F)cc5)CC(=S)N4c4ccccc4)c(O)c3)cc2)[C@H](O)[C@@H](O)[C@@H]1O. The summed E-state index contributed by atoms with van der Waals surface area (Å²) in [6.07, 6.45) is -4.27. The smallest absolute Gasteiger partial charge is 0.123 e. The summed E-state index contributed by atoms with van der Waals surface area (Å²) in [4.78, 5) is 2.89. The van der Waals surface area contributed by atoms with Gasteiger partial charge in [-0.15, -0.1) is 0 Å². The molecule has 4 aromatic carbocycles. The Hall–Kier alpha value is -3.74. The van der Waals surface area contributed by atoms with Crippen LogP contribution in [-0.4, -0.2) is 66.7 Å².